The van der Waals surface area contributed by atoms with E-state index in [0.29, 0.717) is 40.1 Å². The van der Waals surface area contributed by atoms with Crippen LogP contribution >= 0.6 is 0 Å². The Morgan fingerprint density at radius 2 is 1.76 bits per heavy atom. The van der Waals surface area contributed by atoms with Crippen molar-refractivity contribution in [1.29, 1.82) is 0 Å². The molecule has 2 heterocycles. The number of hydrogen-bond donors (Lipinski definition) is 3. The molecule has 3 N–H and O–H groups in total. The largest absolute Gasteiger partial charge is 0.494 e. The van der Waals surface area contributed by atoms with Crippen molar-refractivity contribution in [1.82, 2.24) is 14.8 Å². The van der Waals surface area contributed by atoms with Crippen molar-refractivity contribution < 1.29 is 14.8 Å². The molecule has 194 valence electrons. The van der Waals surface area contributed by atoms with Crippen LogP contribution in [0.3, 0.4) is 0 Å². The van der Waals surface area contributed by atoms with Gasteiger partial charge in [0.1, 0.15) is 0 Å². The summed E-state index contributed by atoms with van der Waals surface area (Å²) in [5.74, 6) is -0.197. The lowest BCUT2D eigenvalue weighted by atomic mass is 10.0. The summed E-state index contributed by atoms with van der Waals surface area (Å²) in [6.45, 7) is 3.97. The van der Waals surface area contributed by atoms with Crippen molar-refractivity contribution >= 4 is 39.6 Å². The minimum Gasteiger partial charge on any atom is -0.494 e. The molecule has 0 spiro atoms. The first kappa shape index (κ1) is 25.1. The molecular weight excluding hydrogens is 484 g/mol. The van der Waals surface area contributed by atoms with Crippen molar-refractivity contribution in [2.24, 2.45) is 4.99 Å². The van der Waals surface area contributed by atoms with Crippen LogP contribution in [0.1, 0.15) is 11.1 Å². The van der Waals surface area contributed by atoms with Crippen LogP contribution in [0.25, 0.3) is 10.9 Å². The summed E-state index contributed by atoms with van der Waals surface area (Å²) in [6.07, 6.45) is 0. The first-order valence-corrected chi connectivity index (χ1v) is 12.3. The first-order valence-electron chi connectivity index (χ1n) is 12.3. The number of likely N-dealkylation sites (N-methyl/N-ethyl adjacent to an activating group) is 1. The maximum Gasteiger partial charge on any atom is 0.270 e. The van der Waals surface area contributed by atoms with Crippen molar-refractivity contribution in [2.45, 2.75) is 0 Å². The molecular formula is C28H28N6O4. The highest BCUT2D eigenvalue weighted by Gasteiger charge is 2.21. The average Bonchev–Trinajstić information content (AvgIpc) is 3.24. The number of nitrogens with one attached hydrogen (secondary N) is 2. The molecule has 1 saturated heterocycles. The standard InChI is InChI=1S/C28H28N6O4/c1-32-13-15-33(16-14-32)18-25(35)29-20-7-9-21(10-8-20)30-27(19-5-3-2-4-6-19)26-23-17-22(34(37)38)11-12-24(23)31-28(26)36/h2-12,17,31,36H,13-16,18H2,1H3,(H,29,35). The third-order valence-electron chi connectivity index (χ3n) is 6.61. The zero-order valence-corrected chi connectivity index (χ0v) is 20.9. The summed E-state index contributed by atoms with van der Waals surface area (Å²) >= 11 is 0. The minimum absolute atomic E-state index is 0.0684. The Morgan fingerprint density at radius 3 is 2.45 bits per heavy atom. The first-order chi connectivity index (χ1) is 18.4. The lowest BCUT2D eigenvalue weighted by Gasteiger charge is -2.31. The molecule has 0 atom stereocenters. The van der Waals surface area contributed by atoms with Crippen LogP contribution in [0.15, 0.2) is 77.8 Å². The molecule has 0 unspecified atom stereocenters. The highest BCUT2D eigenvalue weighted by molar-refractivity contribution is 6.22. The number of aromatic nitrogens is 1. The second kappa shape index (κ2) is 10.8. The molecule has 10 nitrogen and oxygen atoms in total. The van der Waals surface area contributed by atoms with E-state index in [9.17, 15) is 20.0 Å². The van der Waals surface area contributed by atoms with Crippen molar-refractivity contribution in [3.8, 4) is 5.88 Å². The van der Waals surface area contributed by atoms with Crippen LogP contribution in [0.5, 0.6) is 5.88 Å². The lowest BCUT2D eigenvalue weighted by molar-refractivity contribution is -0.384. The fourth-order valence-electron chi connectivity index (χ4n) is 4.54. The van der Waals surface area contributed by atoms with E-state index in [-0.39, 0.29) is 17.5 Å². The second-order valence-corrected chi connectivity index (χ2v) is 9.34. The van der Waals surface area contributed by atoms with E-state index >= 15 is 0 Å². The number of aromatic hydroxyl groups is 1. The minimum atomic E-state index is -0.469. The van der Waals surface area contributed by atoms with Crippen molar-refractivity contribution in [3.05, 3.63) is 94.0 Å². The van der Waals surface area contributed by atoms with Crippen LogP contribution in [0.2, 0.25) is 0 Å². The van der Waals surface area contributed by atoms with E-state index in [0.717, 1.165) is 31.7 Å². The van der Waals surface area contributed by atoms with Crippen LogP contribution in [0, 0.1) is 10.1 Å². The number of piperazine rings is 1. The number of nitrogens with zero attached hydrogens (tertiary/aromatic N) is 4. The van der Waals surface area contributed by atoms with Gasteiger partial charge in [0.2, 0.25) is 5.91 Å². The summed E-state index contributed by atoms with van der Waals surface area (Å²) in [5.41, 5.74) is 3.31. The zero-order valence-electron chi connectivity index (χ0n) is 20.9. The van der Waals surface area contributed by atoms with Gasteiger partial charge in [0.05, 0.1) is 28.4 Å². The average molecular weight is 513 g/mol. The lowest BCUT2D eigenvalue weighted by Crippen LogP contribution is -2.47. The Kier molecular flexibility index (Phi) is 7.16. The normalized spacial score (nSPS) is 15.0. The van der Waals surface area contributed by atoms with Gasteiger partial charge in [-0.05, 0) is 37.4 Å². The molecule has 0 radical (unpaired) electrons. The fourth-order valence-corrected chi connectivity index (χ4v) is 4.54. The summed E-state index contributed by atoms with van der Waals surface area (Å²) < 4.78 is 0. The van der Waals surface area contributed by atoms with E-state index in [4.69, 9.17) is 4.99 Å². The zero-order chi connectivity index (χ0) is 26.6. The summed E-state index contributed by atoms with van der Waals surface area (Å²) in [4.78, 5) is 35.5. The predicted octanol–water partition coefficient (Wildman–Crippen LogP) is 4.14. The molecule has 0 saturated carbocycles. The SMILES string of the molecule is CN1CCN(CC(=O)Nc2ccc(N=C(c3ccccc3)c3c(O)[nH]c4ccc([N+](=O)[O-])cc34)cc2)CC1. The molecule has 38 heavy (non-hydrogen) atoms. The summed E-state index contributed by atoms with van der Waals surface area (Å²) in [7, 11) is 2.08. The number of nitro benzene ring substituents is 1. The number of non-ortho nitro benzene ring substituents is 1. The molecule has 0 bridgehead atoms. The monoisotopic (exact) mass is 512 g/mol. The second-order valence-electron chi connectivity index (χ2n) is 9.34. The Bertz CT molecular complexity index is 1490. The third kappa shape index (κ3) is 5.56. The van der Waals surface area contributed by atoms with Gasteiger partial charge in [0, 0.05) is 60.5 Å². The van der Waals surface area contributed by atoms with Gasteiger partial charge in [-0.25, -0.2) is 4.99 Å². The molecule has 4 aromatic rings. The topological polar surface area (TPSA) is 127 Å². The molecule has 1 aliphatic rings. The van der Waals surface area contributed by atoms with E-state index in [2.05, 4.69) is 27.1 Å². The highest BCUT2D eigenvalue weighted by atomic mass is 16.6. The van der Waals surface area contributed by atoms with E-state index < -0.39 is 4.92 Å². The van der Waals surface area contributed by atoms with Gasteiger partial charge in [-0.2, -0.15) is 0 Å². The maximum atomic E-state index is 12.5. The number of benzene rings is 3. The van der Waals surface area contributed by atoms with Crippen molar-refractivity contribution in [2.75, 3.05) is 45.1 Å². The predicted molar refractivity (Wildman–Crippen MR) is 147 cm³/mol. The number of nitro groups is 1. The van der Waals surface area contributed by atoms with Crippen LogP contribution < -0.4 is 5.32 Å². The molecule has 3 aromatic carbocycles. The molecule has 5 rings (SSSR count). The fraction of sp³-hybridized carbons (Fsp3) is 0.214. The number of rotatable bonds is 7. The molecule has 1 fully saturated rings. The van der Waals surface area contributed by atoms with Gasteiger partial charge in [-0.3, -0.25) is 19.8 Å². The number of amides is 1. The quantitative estimate of drug-likeness (QED) is 0.194. The Labute approximate surface area is 219 Å². The van der Waals surface area contributed by atoms with Gasteiger partial charge in [0.25, 0.3) is 5.69 Å². The number of H-pyrrole nitrogens is 1. The number of anilines is 1. The smallest absolute Gasteiger partial charge is 0.270 e. The maximum absolute atomic E-state index is 12.5. The number of carbonyl (C=O) groups is 1. The Hall–Kier alpha value is -4.54. The number of carbonyl (C=O) groups excluding carboxylic acids is 1. The molecule has 1 aromatic heterocycles. The van der Waals surface area contributed by atoms with E-state index in [1.165, 1.54) is 12.1 Å². The number of fused-ring (bicyclic) bond motifs is 1. The Balaban J connectivity index is 1.43. The molecule has 0 aliphatic carbocycles. The van der Waals surface area contributed by atoms with Crippen LogP contribution in [-0.2, 0) is 4.79 Å². The van der Waals surface area contributed by atoms with E-state index in [1.807, 2.05) is 30.3 Å². The molecule has 10 heteroatoms. The van der Waals surface area contributed by atoms with Gasteiger partial charge in [-0.1, -0.05) is 30.3 Å². The summed E-state index contributed by atoms with van der Waals surface area (Å²) in [5, 5.41) is 25.6. The van der Waals surface area contributed by atoms with Crippen LogP contribution in [0.4, 0.5) is 17.1 Å². The molecule has 1 aliphatic heterocycles. The Morgan fingerprint density at radius 1 is 1.05 bits per heavy atom. The van der Waals surface area contributed by atoms with Gasteiger partial charge in [-0.15, -0.1) is 0 Å². The number of aliphatic imine (C=N–C) groups is 1. The number of hydrogen-bond acceptors (Lipinski definition) is 7. The van der Waals surface area contributed by atoms with Gasteiger partial charge >= 0.3 is 0 Å². The summed E-state index contributed by atoms with van der Waals surface area (Å²) in [6, 6.07) is 20.8. The third-order valence-corrected chi connectivity index (χ3v) is 6.61. The van der Waals surface area contributed by atoms with Gasteiger partial charge < -0.3 is 20.3 Å². The number of aromatic amines is 1. The highest BCUT2D eigenvalue weighted by Crippen LogP contribution is 2.33. The van der Waals surface area contributed by atoms with Gasteiger partial charge in [0.15, 0.2) is 5.88 Å². The van der Waals surface area contributed by atoms with Crippen LogP contribution in [-0.4, -0.2) is 76.2 Å². The van der Waals surface area contributed by atoms with E-state index in [1.54, 1.807) is 30.3 Å². The molecule has 1 amide bonds. The van der Waals surface area contributed by atoms with Crippen molar-refractivity contribution in [3.63, 3.8) is 0 Å².